The third-order valence-corrected chi connectivity index (χ3v) is 4.13. The highest BCUT2D eigenvalue weighted by Crippen LogP contribution is 2.17. The molecule has 2 rings (SSSR count). The van der Waals surface area contributed by atoms with Gasteiger partial charge in [0.25, 0.3) is 0 Å². The highest BCUT2D eigenvalue weighted by molar-refractivity contribution is 7.84. The lowest BCUT2D eigenvalue weighted by atomic mass is 10.2. The Bertz CT molecular complexity index is 625. The van der Waals surface area contributed by atoms with E-state index in [0.29, 0.717) is 17.3 Å². The molecule has 2 aromatic rings. The number of rotatable bonds is 7. The molecule has 0 saturated carbocycles. The zero-order chi connectivity index (χ0) is 15.1. The summed E-state index contributed by atoms with van der Waals surface area (Å²) in [5, 5.41) is 9.03. The summed E-state index contributed by atoms with van der Waals surface area (Å²) in [5.41, 5.74) is 1.13. The van der Waals surface area contributed by atoms with Crippen LogP contribution in [0.15, 0.2) is 54.6 Å². The van der Waals surface area contributed by atoms with Crippen LogP contribution in [0.1, 0.15) is 15.9 Å². The van der Waals surface area contributed by atoms with Gasteiger partial charge in [0.1, 0.15) is 11.3 Å². The van der Waals surface area contributed by atoms with Gasteiger partial charge >= 0.3 is 5.97 Å². The first-order valence-corrected chi connectivity index (χ1v) is 7.99. The molecule has 0 heterocycles. The first-order valence-electron chi connectivity index (χ1n) is 6.51. The Morgan fingerprint density at radius 3 is 2.43 bits per heavy atom. The van der Waals surface area contributed by atoms with Gasteiger partial charge in [-0.05, 0) is 17.7 Å². The summed E-state index contributed by atoms with van der Waals surface area (Å²) in [6.07, 6.45) is 0. The van der Waals surface area contributed by atoms with E-state index in [1.165, 1.54) is 6.07 Å². The van der Waals surface area contributed by atoms with E-state index < -0.39 is 16.8 Å². The van der Waals surface area contributed by atoms with Crippen molar-refractivity contribution in [3.63, 3.8) is 0 Å². The van der Waals surface area contributed by atoms with Crippen LogP contribution in [-0.4, -0.2) is 27.6 Å². The Morgan fingerprint density at radius 1 is 1.05 bits per heavy atom. The summed E-state index contributed by atoms with van der Waals surface area (Å²) in [6, 6.07) is 16.0. The van der Waals surface area contributed by atoms with E-state index in [9.17, 15) is 9.00 Å². The number of ether oxygens (including phenoxy) is 1. The maximum atomic E-state index is 11.9. The molecule has 1 atom stereocenters. The Morgan fingerprint density at radius 2 is 1.71 bits per heavy atom. The molecule has 2 aromatic carbocycles. The van der Waals surface area contributed by atoms with E-state index in [0.717, 1.165) is 5.56 Å². The second kappa shape index (κ2) is 7.59. The minimum atomic E-state index is -1.03. The minimum Gasteiger partial charge on any atom is -0.492 e. The second-order valence-electron chi connectivity index (χ2n) is 4.42. The van der Waals surface area contributed by atoms with Crippen LogP contribution in [0.25, 0.3) is 0 Å². The van der Waals surface area contributed by atoms with Crippen LogP contribution in [0.3, 0.4) is 0 Å². The van der Waals surface area contributed by atoms with E-state index >= 15 is 0 Å². The van der Waals surface area contributed by atoms with Crippen LogP contribution in [0.2, 0.25) is 0 Å². The third-order valence-electron chi connectivity index (χ3n) is 2.86. The lowest BCUT2D eigenvalue weighted by Gasteiger charge is -2.08. The molecule has 0 bridgehead atoms. The van der Waals surface area contributed by atoms with Gasteiger partial charge in [-0.3, -0.25) is 4.21 Å². The molecule has 0 aliphatic carbocycles. The van der Waals surface area contributed by atoms with Crippen molar-refractivity contribution >= 4 is 16.8 Å². The zero-order valence-corrected chi connectivity index (χ0v) is 12.2. The Balaban J connectivity index is 1.84. The Labute approximate surface area is 125 Å². The molecule has 0 saturated heterocycles. The van der Waals surface area contributed by atoms with Crippen LogP contribution >= 0.6 is 0 Å². The summed E-state index contributed by atoms with van der Waals surface area (Å²) in [5.74, 6) is 0.117. The normalized spacial score (nSPS) is 11.8. The molecule has 0 spiro atoms. The smallest absolute Gasteiger partial charge is 0.339 e. The number of carboxylic acids is 1. The van der Waals surface area contributed by atoms with Crippen molar-refractivity contribution in [2.45, 2.75) is 5.75 Å². The fourth-order valence-corrected chi connectivity index (χ4v) is 2.82. The van der Waals surface area contributed by atoms with Gasteiger partial charge in [-0.15, -0.1) is 0 Å². The SMILES string of the molecule is O=C(O)c1ccccc1OCCS(=O)Cc1ccccc1. The van der Waals surface area contributed by atoms with E-state index in [-0.39, 0.29) is 12.2 Å². The highest BCUT2D eigenvalue weighted by Gasteiger charge is 2.10. The van der Waals surface area contributed by atoms with Gasteiger partial charge in [-0.25, -0.2) is 4.79 Å². The summed E-state index contributed by atoms with van der Waals surface area (Å²) < 4.78 is 17.4. The molecule has 21 heavy (non-hydrogen) atoms. The van der Waals surface area contributed by atoms with Crippen molar-refractivity contribution in [3.05, 3.63) is 65.7 Å². The molecule has 1 unspecified atom stereocenters. The van der Waals surface area contributed by atoms with Gasteiger partial charge in [0.05, 0.1) is 12.4 Å². The van der Waals surface area contributed by atoms with Crippen molar-refractivity contribution in [1.82, 2.24) is 0 Å². The van der Waals surface area contributed by atoms with Crippen molar-refractivity contribution < 1.29 is 18.8 Å². The fraction of sp³-hybridized carbons (Fsp3) is 0.188. The summed E-state index contributed by atoms with van der Waals surface area (Å²) in [6.45, 7) is 0.226. The van der Waals surface area contributed by atoms with Crippen LogP contribution in [-0.2, 0) is 16.6 Å². The lowest BCUT2D eigenvalue weighted by Crippen LogP contribution is -2.11. The Hall–Kier alpha value is -2.14. The van der Waals surface area contributed by atoms with Crippen LogP contribution in [0.5, 0.6) is 5.75 Å². The molecular formula is C16H16O4S. The molecule has 0 radical (unpaired) electrons. The molecule has 4 nitrogen and oxygen atoms in total. The van der Waals surface area contributed by atoms with Gasteiger partial charge < -0.3 is 9.84 Å². The third kappa shape index (κ3) is 4.72. The van der Waals surface area contributed by atoms with Gasteiger partial charge in [0, 0.05) is 16.6 Å². The highest BCUT2D eigenvalue weighted by atomic mass is 32.2. The minimum absolute atomic E-state index is 0.117. The van der Waals surface area contributed by atoms with E-state index in [1.807, 2.05) is 30.3 Å². The fourth-order valence-electron chi connectivity index (χ4n) is 1.85. The van der Waals surface area contributed by atoms with Crippen molar-refractivity contribution in [3.8, 4) is 5.75 Å². The van der Waals surface area contributed by atoms with Crippen LogP contribution in [0.4, 0.5) is 0 Å². The number of benzene rings is 2. The predicted molar refractivity (Wildman–Crippen MR) is 82.1 cm³/mol. The zero-order valence-electron chi connectivity index (χ0n) is 11.4. The van der Waals surface area contributed by atoms with Crippen molar-refractivity contribution in [2.24, 2.45) is 0 Å². The quantitative estimate of drug-likeness (QED) is 0.854. The molecule has 1 N–H and O–H groups in total. The molecule has 0 aromatic heterocycles. The van der Waals surface area contributed by atoms with Crippen molar-refractivity contribution in [1.29, 1.82) is 0 Å². The monoisotopic (exact) mass is 304 g/mol. The summed E-state index contributed by atoms with van der Waals surface area (Å²) in [4.78, 5) is 11.0. The topological polar surface area (TPSA) is 63.6 Å². The molecule has 0 fully saturated rings. The average Bonchev–Trinajstić information content (AvgIpc) is 2.48. The number of carbonyl (C=O) groups is 1. The maximum Gasteiger partial charge on any atom is 0.339 e. The predicted octanol–water partition coefficient (Wildman–Crippen LogP) is 2.71. The molecular weight excluding hydrogens is 288 g/mol. The van der Waals surface area contributed by atoms with E-state index in [2.05, 4.69) is 0 Å². The van der Waals surface area contributed by atoms with Crippen molar-refractivity contribution in [2.75, 3.05) is 12.4 Å². The Kier molecular flexibility index (Phi) is 5.51. The first kappa shape index (κ1) is 15.3. The van der Waals surface area contributed by atoms with Gasteiger partial charge in [0.15, 0.2) is 0 Å². The van der Waals surface area contributed by atoms with Crippen LogP contribution < -0.4 is 4.74 Å². The summed E-state index contributed by atoms with van der Waals surface area (Å²) >= 11 is 0. The van der Waals surface area contributed by atoms with E-state index in [4.69, 9.17) is 9.84 Å². The largest absolute Gasteiger partial charge is 0.492 e. The molecule has 0 amide bonds. The van der Waals surface area contributed by atoms with Gasteiger partial charge in [0.2, 0.25) is 0 Å². The van der Waals surface area contributed by atoms with Gasteiger partial charge in [-0.2, -0.15) is 0 Å². The molecule has 0 aliphatic heterocycles. The molecule has 110 valence electrons. The number of aromatic carboxylic acids is 1. The number of hydrogen-bond acceptors (Lipinski definition) is 3. The van der Waals surface area contributed by atoms with E-state index in [1.54, 1.807) is 18.2 Å². The van der Waals surface area contributed by atoms with Crippen LogP contribution in [0, 0.1) is 0 Å². The average molecular weight is 304 g/mol. The molecule has 5 heteroatoms. The second-order valence-corrected chi connectivity index (χ2v) is 6.00. The number of carboxylic acid groups (broad SMARTS) is 1. The maximum absolute atomic E-state index is 11.9. The number of para-hydroxylation sites is 1. The first-order chi connectivity index (χ1) is 10.2. The lowest BCUT2D eigenvalue weighted by molar-refractivity contribution is 0.0692. The van der Waals surface area contributed by atoms with Gasteiger partial charge in [-0.1, -0.05) is 42.5 Å². The summed E-state index contributed by atoms with van der Waals surface area (Å²) in [7, 11) is -1.03. The number of hydrogen-bond donors (Lipinski definition) is 1. The standard InChI is InChI=1S/C16H16O4S/c17-16(18)14-8-4-5-9-15(14)20-10-11-21(19)12-13-6-2-1-3-7-13/h1-9H,10-12H2,(H,17,18). The molecule has 0 aliphatic rings.